The van der Waals surface area contributed by atoms with Crippen molar-refractivity contribution in [1.29, 1.82) is 0 Å². The fourth-order valence-corrected chi connectivity index (χ4v) is 1.15. The summed E-state index contributed by atoms with van der Waals surface area (Å²) in [5, 5.41) is 17.9. The minimum absolute atomic E-state index is 0. The van der Waals surface area contributed by atoms with Crippen molar-refractivity contribution < 1.29 is 10.2 Å². The summed E-state index contributed by atoms with van der Waals surface area (Å²) in [6.45, 7) is 1.96. The first kappa shape index (κ1) is 9.21. The van der Waals surface area contributed by atoms with E-state index in [-0.39, 0.29) is 12.4 Å². The molecule has 0 aromatic rings. The van der Waals surface area contributed by atoms with Gasteiger partial charge in [0, 0.05) is 0 Å². The summed E-state index contributed by atoms with van der Waals surface area (Å²) in [6, 6.07) is 0. The Labute approximate surface area is 61.3 Å². The Bertz CT molecular complexity index is 77.1. The number of aliphatic hydroxyl groups is 2. The molecule has 2 nitrogen and oxygen atoms in total. The number of hydrogen-bond acceptors (Lipinski definition) is 2. The summed E-state index contributed by atoms with van der Waals surface area (Å²) in [5.74, 6) is 0.296. The highest BCUT2D eigenvalue weighted by atomic mass is 35.5. The quantitative estimate of drug-likeness (QED) is 0.533. The van der Waals surface area contributed by atoms with Gasteiger partial charge < -0.3 is 10.2 Å². The van der Waals surface area contributed by atoms with Crippen molar-refractivity contribution in [3.05, 3.63) is 0 Å². The molecule has 0 heterocycles. The zero-order valence-electron chi connectivity index (χ0n) is 5.45. The third kappa shape index (κ3) is 1.81. The number of aliphatic hydroxyl groups excluding tert-OH is 2. The minimum atomic E-state index is -0.463. The smallest absolute Gasteiger partial charge is 0.0824 e. The minimum Gasteiger partial charge on any atom is -0.390 e. The molecule has 1 saturated carbocycles. The Hall–Kier alpha value is 0.210. The molecular formula is C6H13ClO2. The molecule has 3 heteroatoms. The Balaban J connectivity index is 0.000000640. The van der Waals surface area contributed by atoms with Crippen LogP contribution in [0.25, 0.3) is 0 Å². The van der Waals surface area contributed by atoms with Crippen molar-refractivity contribution in [2.24, 2.45) is 5.92 Å². The SMILES string of the molecule is CC1CCC(O)C1O.Cl. The van der Waals surface area contributed by atoms with E-state index in [2.05, 4.69) is 0 Å². The molecule has 2 N–H and O–H groups in total. The van der Waals surface area contributed by atoms with E-state index in [9.17, 15) is 0 Å². The number of rotatable bonds is 0. The molecule has 0 amide bonds. The molecule has 3 atom stereocenters. The Morgan fingerprint density at radius 3 is 1.89 bits per heavy atom. The molecule has 0 aromatic carbocycles. The Morgan fingerprint density at radius 1 is 1.22 bits per heavy atom. The second-order valence-electron chi connectivity index (χ2n) is 2.61. The molecule has 0 spiro atoms. The van der Waals surface area contributed by atoms with Crippen LogP contribution in [-0.4, -0.2) is 22.4 Å². The number of halogens is 1. The van der Waals surface area contributed by atoms with Gasteiger partial charge in [-0.2, -0.15) is 0 Å². The topological polar surface area (TPSA) is 40.5 Å². The molecule has 1 fully saturated rings. The van der Waals surface area contributed by atoms with E-state index in [1.54, 1.807) is 0 Å². The lowest BCUT2D eigenvalue weighted by Gasteiger charge is -2.09. The van der Waals surface area contributed by atoms with Crippen molar-refractivity contribution in [3.63, 3.8) is 0 Å². The van der Waals surface area contributed by atoms with Gasteiger partial charge in [0.1, 0.15) is 0 Å². The third-order valence-electron chi connectivity index (χ3n) is 1.90. The van der Waals surface area contributed by atoms with Crippen molar-refractivity contribution in [1.82, 2.24) is 0 Å². The molecule has 56 valence electrons. The summed E-state index contributed by atoms with van der Waals surface area (Å²) in [6.07, 6.45) is 0.810. The average Bonchev–Trinajstić information content (AvgIpc) is 1.98. The average molecular weight is 153 g/mol. The standard InChI is InChI=1S/C6H12O2.ClH/c1-4-2-3-5(7)6(4)8;/h4-8H,2-3H2,1H3;1H. The maximum absolute atomic E-state index is 9.02. The van der Waals surface area contributed by atoms with Gasteiger partial charge in [0.25, 0.3) is 0 Å². The highest BCUT2D eigenvalue weighted by Crippen LogP contribution is 2.24. The van der Waals surface area contributed by atoms with Gasteiger partial charge in [-0.25, -0.2) is 0 Å². The van der Waals surface area contributed by atoms with Gasteiger partial charge in [-0.05, 0) is 18.8 Å². The maximum atomic E-state index is 9.02. The summed E-state index contributed by atoms with van der Waals surface area (Å²) in [4.78, 5) is 0. The lowest BCUT2D eigenvalue weighted by Crippen LogP contribution is -2.22. The summed E-state index contributed by atoms with van der Waals surface area (Å²) in [5.41, 5.74) is 0. The van der Waals surface area contributed by atoms with E-state index in [0.29, 0.717) is 5.92 Å². The van der Waals surface area contributed by atoms with Crippen LogP contribution in [0.4, 0.5) is 0 Å². The van der Waals surface area contributed by atoms with Gasteiger partial charge in [0.05, 0.1) is 12.2 Å². The highest BCUT2D eigenvalue weighted by molar-refractivity contribution is 5.85. The monoisotopic (exact) mass is 152 g/mol. The van der Waals surface area contributed by atoms with Gasteiger partial charge in [-0.1, -0.05) is 6.92 Å². The van der Waals surface area contributed by atoms with E-state index in [1.807, 2.05) is 6.92 Å². The molecule has 0 aliphatic heterocycles. The Morgan fingerprint density at radius 2 is 1.78 bits per heavy atom. The highest BCUT2D eigenvalue weighted by Gasteiger charge is 2.29. The van der Waals surface area contributed by atoms with Crippen LogP contribution < -0.4 is 0 Å². The van der Waals surface area contributed by atoms with Crippen molar-refractivity contribution in [3.8, 4) is 0 Å². The fraction of sp³-hybridized carbons (Fsp3) is 1.00. The first-order chi connectivity index (χ1) is 3.72. The summed E-state index contributed by atoms with van der Waals surface area (Å²) in [7, 11) is 0. The van der Waals surface area contributed by atoms with Gasteiger partial charge >= 0.3 is 0 Å². The van der Waals surface area contributed by atoms with Crippen LogP contribution >= 0.6 is 12.4 Å². The predicted octanol–water partition coefficient (Wildman–Crippen LogP) is 0.560. The van der Waals surface area contributed by atoms with E-state index in [4.69, 9.17) is 10.2 Å². The van der Waals surface area contributed by atoms with E-state index in [0.717, 1.165) is 12.8 Å². The summed E-state index contributed by atoms with van der Waals surface area (Å²) >= 11 is 0. The zero-order chi connectivity index (χ0) is 6.15. The van der Waals surface area contributed by atoms with Crippen molar-refractivity contribution in [2.75, 3.05) is 0 Å². The molecular weight excluding hydrogens is 140 g/mol. The van der Waals surface area contributed by atoms with Crippen molar-refractivity contribution >= 4 is 12.4 Å². The molecule has 0 saturated heterocycles. The largest absolute Gasteiger partial charge is 0.390 e. The van der Waals surface area contributed by atoms with Crippen LogP contribution in [0, 0.1) is 5.92 Å². The zero-order valence-corrected chi connectivity index (χ0v) is 6.27. The Kier molecular flexibility index (Phi) is 3.48. The van der Waals surface area contributed by atoms with Crippen LogP contribution in [0.1, 0.15) is 19.8 Å². The van der Waals surface area contributed by atoms with Crippen LogP contribution in [0.5, 0.6) is 0 Å². The van der Waals surface area contributed by atoms with Crippen LogP contribution in [0.2, 0.25) is 0 Å². The van der Waals surface area contributed by atoms with E-state index >= 15 is 0 Å². The second-order valence-corrected chi connectivity index (χ2v) is 2.61. The molecule has 9 heavy (non-hydrogen) atoms. The van der Waals surface area contributed by atoms with Gasteiger partial charge in [0.15, 0.2) is 0 Å². The second kappa shape index (κ2) is 3.40. The maximum Gasteiger partial charge on any atom is 0.0824 e. The lowest BCUT2D eigenvalue weighted by molar-refractivity contribution is 0.0245. The van der Waals surface area contributed by atoms with Gasteiger partial charge in [-0.15, -0.1) is 12.4 Å². The molecule has 3 unspecified atom stereocenters. The van der Waals surface area contributed by atoms with Crippen molar-refractivity contribution in [2.45, 2.75) is 32.0 Å². The molecule has 0 radical (unpaired) electrons. The normalized spacial score (nSPS) is 42.3. The fourth-order valence-electron chi connectivity index (χ4n) is 1.15. The van der Waals surface area contributed by atoms with Gasteiger partial charge in [0.2, 0.25) is 0 Å². The predicted molar refractivity (Wildman–Crippen MR) is 37.7 cm³/mol. The van der Waals surface area contributed by atoms with Crippen LogP contribution in [-0.2, 0) is 0 Å². The number of hydrogen-bond donors (Lipinski definition) is 2. The first-order valence-corrected chi connectivity index (χ1v) is 3.08. The van der Waals surface area contributed by atoms with Crippen LogP contribution in [0.15, 0.2) is 0 Å². The summed E-state index contributed by atoms with van der Waals surface area (Å²) < 4.78 is 0. The van der Waals surface area contributed by atoms with E-state index in [1.165, 1.54) is 0 Å². The van der Waals surface area contributed by atoms with Crippen LogP contribution in [0.3, 0.4) is 0 Å². The molecule has 1 aliphatic carbocycles. The van der Waals surface area contributed by atoms with Gasteiger partial charge in [-0.3, -0.25) is 0 Å². The third-order valence-corrected chi connectivity index (χ3v) is 1.90. The first-order valence-electron chi connectivity index (χ1n) is 3.08. The molecule has 0 bridgehead atoms. The molecule has 1 aliphatic rings. The van der Waals surface area contributed by atoms with E-state index < -0.39 is 12.2 Å². The lowest BCUT2D eigenvalue weighted by atomic mass is 10.1. The molecule has 1 rings (SSSR count). The molecule has 0 aromatic heterocycles.